The number of hydrogen-bond acceptors (Lipinski definition) is 3. The van der Waals surface area contributed by atoms with E-state index in [0.717, 1.165) is 28.0 Å². The fourth-order valence-electron chi connectivity index (χ4n) is 4.49. The van der Waals surface area contributed by atoms with E-state index >= 15 is 0 Å². The Morgan fingerprint density at radius 3 is 2.52 bits per heavy atom. The first-order valence-corrected chi connectivity index (χ1v) is 8.79. The minimum Gasteiger partial charge on any atom is -0.376 e. The molecule has 3 atom stereocenters. The zero-order valence-electron chi connectivity index (χ0n) is 12.6. The lowest BCUT2D eigenvalue weighted by Gasteiger charge is -2.43. The molecule has 0 N–H and O–H groups in total. The van der Waals surface area contributed by atoms with Crippen molar-refractivity contribution in [3.05, 3.63) is 34.9 Å². The Labute approximate surface area is 135 Å². The van der Waals surface area contributed by atoms with Gasteiger partial charge in [-0.15, -0.1) is 0 Å². The van der Waals surface area contributed by atoms with Crippen LogP contribution in [0.15, 0.2) is 29.4 Å². The average Bonchev–Trinajstić information content (AvgIpc) is 3.01. The summed E-state index contributed by atoms with van der Waals surface area (Å²) in [4.78, 5) is 5.92. The number of thioether (sulfide) groups is 1. The molecule has 2 aliphatic carbocycles. The number of halogens is 1. The Balaban J connectivity index is 1.65. The van der Waals surface area contributed by atoms with Crippen molar-refractivity contribution in [3.8, 4) is 0 Å². The Kier molecular flexibility index (Phi) is 2.79. The molecule has 0 radical (unpaired) electrons. The third-order valence-corrected chi connectivity index (χ3v) is 8.20. The van der Waals surface area contributed by atoms with Gasteiger partial charge in [-0.25, -0.2) is 0 Å². The van der Waals surface area contributed by atoms with Crippen molar-refractivity contribution in [2.45, 2.75) is 45.0 Å². The van der Waals surface area contributed by atoms with Gasteiger partial charge in [-0.2, -0.15) is 0 Å². The van der Waals surface area contributed by atoms with Crippen molar-refractivity contribution < 1.29 is 4.84 Å². The van der Waals surface area contributed by atoms with Crippen LogP contribution in [0.4, 0.5) is 0 Å². The van der Waals surface area contributed by atoms with Gasteiger partial charge < -0.3 is 4.84 Å². The van der Waals surface area contributed by atoms with Gasteiger partial charge in [0.2, 0.25) is 0 Å². The van der Waals surface area contributed by atoms with E-state index in [2.05, 4.69) is 25.9 Å². The summed E-state index contributed by atoms with van der Waals surface area (Å²) in [5.41, 5.74) is 1.61. The van der Waals surface area contributed by atoms with Crippen LogP contribution < -0.4 is 0 Å². The normalized spacial score (nSPS) is 39.6. The van der Waals surface area contributed by atoms with Gasteiger partial charge in [-0.05, 0) is 36.3 Å². The molecule has 0 amide bonds. The molecule has 1 heterocycles. The van der Waals surface area contributed by atoms with E-state index in [9.17, 15) is 0 Å². The molecule has 4 rings (SSSR count). The Bertz CT molecular complexity index is 626. The van der Waals surface area contributed by atoms with Crippen LogP contribution in [0.3, 0.4) is 0 Å². The summed E-state index contributed by atoms with van der Waals surface area (Å²) < 4.78 is 0. The maximum Gasteiger partial charge on any atom is 0.194 e. The summed E-state index contributed by atoms with van der Waals surface area (Å²) in [6.07, 6.45) is 3.67. The standard InChI is InChI=1S/C17H20ClNOS/c1-15(2)12-8-9-16(15,3)17(10-12)20-19-14(21-17)11-4-6-13(18)7-5-11/h4-7,12H,8-10H2,1-3H3/t12-,16-,17-/m1/s1. The maximum absolute atomic E-state index is 6.09. The van der Waals surface area contributed by atoms with Crippen LogP contribution in [-0.4, -0.2) is 9.98 Å². The van der Waals surface area contributed by atoms with Gasteiger partial charge in [-0.1, -0.05) is 61.4 Å². The topological polar surface area (TPSA) is 21.6 Å². The lowest BCUT2D eigenvalue weighted by Crippen LogP contribution is -2.44. The van der Waals surface area contributed by atoms with Gasteiger partial charge in [0.15, 0.2) is 4.93 Å². The third-order valence-electron chi connectivity index (χ3n) is 6.42. The molecule has 112 valence electrons. The monoisotopic (exact) mass is 321 g/mol. The van der Waals surface area contributed by atoms with Crippen molar-refractivity contribution >= 4 is 28.4 Å². The van der Waals surface area contributed by atoms with Crippen LogP contribution in [0.1, 0.15) is 45.6 Å². The van der Waals surface area contributed by atoms with Crippen molar-refractivity contribution in [2.75, 3.05) is 0 Å². The minimum absolute atomic E-state index is 0.172. The Morgan fingerprint density at radius 1 is 1.24 bits per heavy atom. The quantitative estimate of drug-likeness (QED) is 0.699. The highest BCUT2D eigenvalue weighted by molar-refractivity contribution is 8.15. The molecule has 0 aromatic heterocycles. The zero-order valence-corrected chi connectivity index (χ0v) is 14.2. The Hall–Kier alpha value is -0.670. The van der Waals surface area contributed by atoms with E-state index in [1.807, 2.05) is 36.0 Å². The van der Waals surface area contributed by atoms with Crippen LogP contribution in [0.25, 0.3) is 0 Å². The molecule has 1 aliphatic heterocycles. The van der Waals surface area contributed by atoms with Gasteiger partial charge in [0.25, 0.3) is 0 Å². The van der Waals surface area contributed by atoms with Crippen LogP contribution >= 0.6 is 23.4 Å². The van der Waals surface area contributed by atoms with Crippen molar-refractivity contribution in [2.24, 2.45) is 21.9 Å². The van der Waals surface area contributed by atoms with Crippen LogP contribution in [-0.2, 0) is 4.84 Å². The smallest absolute Gasteiger partial charge is 0.194 e. The number of oxime groups is 1. The molecule has 2 fully saturated rings. The maximum atomic E-state index is 6.09. The molecule has 0 saturated heterocycles. The largest absolute Gasteiger partial charge is 0.376 e. The highest BCUT2D eigenvalue weighted by Gasteiger charge is 2.72. The second kappa shape index (κ2) is 4.20. The van der Waals surface area contributed by atoms with Gasteiger partial charge in [0, 0.05) is 22.4 Å². The van der Waals surface area contributed by atoms with E-state index in [-0.39, 0.29) is 10.3 Å². The average molecular weight is 322 g/mol. The molecular weight excluding hydrogens is 302 g/mol. The molecule has 1 aromatic rings. The van der Waals surface area contributed by atoms with Crippen LogP contribution in [0.2, 0.25) is 5.02 Å². The van der Waals surface area contributed by atoms with E-state index in [1.165, 1.54) is 12.8 Å². The minimum atomic E-state index is -0.172. The van der Waals surface area contributed by atoms with E-state index in [4.69, 9.17) is 16.4 Å². The molecule has 3 aliphatic rings. The Morgan fingerprint density at radius 2 is 1.95 bits per heavy atom. The third kappa shape index (κ3) is 1.65. The molecule has 1 aromatic carbocycles. The molecule has 4 heteroatoms. The molecule has 2 bridgehead atoms. The van der Waals surface area contributed by atoms with Crippen molar-refractivity contribution in [1.82, 2.24) is 0 Å². The summed E-state index contributed by atoms with van der Waals surface area (Å²) >= 11 is 7.80. The summed E-state index contributed by atoms with van der Waals surface area (Å²) in [5.74, 6) is 0.745. The van der Waals surface area contributed by atoms with Crippen LogP contribution in [0.5, 0.6) is 0 Å². The molecular formula is C17H20ClNOS. The summed E-state index contributed by atoms with van der Waals surface area (Å²) in [5, 5.41) is 6.19. The molecule has 21 heavy (non-hydrogen) atoms. The van der Waals surface area contributed by atoms with Crippen molar-refractivity contribution in [1.29, 1.82) is 0 Å². The molecule has 1 spiro atoms. The lowest BCUT2D eigenvalue weighted by atomic mass is 9.69. The molecule has 2 saturated carbocycles. The SMILES string of the molecule is CC1(C)[C@@H]2CC[C@@]1(C)[C@]1(C2)ON=C(c2ccc(Cl)cc2)S1. The number of fused-ring (bicyclic) bond motifs is 3. The fourth-order valence-corrected chi connectivity index (χ4v) is 6.21. The second-order valence-corrected chi connectivity index (χ2v) is 9.03. The second-order valence-electron chi connectivity index (χ2n) is 7.34. The molecule has 0 unspecified atom stereocenters. The highest BCUT2D eigenvalue weighted by atomic mass is 35.5. The zero-order chi connectivity index (χ0) is 14.9. The summed E-state index contributed by atoms with van der Waals surface area (Å²) in [6.45, 7) is 7.21. The molecule has 2 nitrogen and oxygen atoms in total. The van der Waals surface area contributed by atoms with Gasteiger partial charge >= 0.3 is 0 Å². The predicted octanol–water partition coefficient (Wildman–Crippen LogP) is 5.31. The first-order chi connectivity index (χ1) is 9.88. The first-order valence-electron chi connectivity index (χ1n) is 7.59. The van der Waals surface area contributed by atoms with Gasteiger partial charge in [-0.3, -0.25) is 0 Å². The number of hydrogen-bond donors (Lipinski definition) is 0. The van der Waals surface area contributed by atoms with E-state index < -0.39 is 0 Å². The van der Waals surface area contributed by atoms with Gasteiger partial charge in [0.05, 0.1) is 0 Å². The van der Waals surface area contributed by atoms with Crippen LogP contribution in [0, 0.1) is 16.7 Å². The number of nitrogens with zero attached hydrogens (tertiary/aromatic N) is 1. The number of rotatable bonds is 1. The summed E-state index contributed by atoms with van der Waals surface area (Å²) in [7, 11) is 0. The van der Waals surface area contributed by atoms with E-state index in [1.54, 1.807) is 0 Å². The van der Waals surface area contributed by atoms with Gasteiger partial charge in [0.1, 0.15) is 5.04 Å². The summed E-state index contributed by atoms with van der Waals surface area (Å²) in [6, 6.07) is 7.88. The fraction of sp³-hybridized carbons (Fsp3) is 0.588. The predicted molar refractivity (Wildman–Crippen MR) is 88.6 cm³/mol. The highest BCUT2D eigenvalue weighted by Crippen LogP contribution is 2.74. The van der Waals surface area contributed by atoms with E-state index in [0.29, 0.717) is 5.41 Å². The van der Waals surface area contributed by atoms with Crippen molar-refractivity contribution in [3.63, 3.8) is 0 Å². The lowest BCUT2D eigenvalue weighted by molar-refractivity contribution is -0.0659. The first kappa shape index (κ1) is 14.0. The number of benzene rings is 1.